The van der Waals surface area contributed by atoms with Gasteiger partial charge in [0.05, 0.1) is 12.2 Å². The SMILES string of the molecule is COCCOc1ccc(C2Nc3ccccc3C(=O)N2C)cc1. The monoisotopic (exact) mass is 312 g/mol. The molecule has 120 valence electrons. The molecule has 1 aliphatic rings. The van der Waals surface area contributed by atoms with Gasteiger partial charge in [-0.15, -0.1) is 0 Å². The summed E-state index contributed by atoms with van der Waals surface area (Å²) in [4.78, 5) is 14.2. The van der Waals surface area contributed by atoms with Crippen LogP contribution in [0.1, 0.15) is 22.1 Å². The summed E-state index contributed by atoms with van der Waals surface area (Å²) in [6, 6.07) is 15.3. The number of hydrogen-bond donors (Lipinski definition) is 1. The van der Waals surface area contributed by atoms with E-state index in [0.717, 1.165) is 17.0 Å². The van der Waals surface area contributed by atoms with Crippen molar-refractivity contribution in [1.29, 1.82) is 0 Å². The molecule has 0 aromatic heterocycles. The predicted octanol–water partition coefficient (Wildman–Crippen LogP) is 2.91. The highest BCUT2D eigenvalue weighted by Crippen LogP contribution is 2.32. The highest BCUT2D eigenvalue weighted by molar-refractivity contribution is 6.01. The Morgan fingerprint density at radius 1 is 1.09 bits per heavy atom. The van der Waals surface area contributed by atoms with Crippen molar-refractivity contribution < 1.29 is 14.3 Å². The number of fused-ring (bicyclic) bond motifs is 1. The largest absolute Gasteiger partial charge is 0.491 e. The summed E-state index contributed by atoms with van der Waals surface area (Å²) in [5.74, 6) is 0.806. The lowest BCUT2D eigenvalue weighted by Gasteiger charge is -2.35. The zero-order valence-corrected chi connectivity index (χ0v) is 13.3. The molecule has 0 radical (unpaired) electrons. The lowest BCUT2D eigenvalue weighted by molar-refractivity contribution is 0.0735. The van der Waals surface area contributed by atoms with Crippen LogP contribution in [-0.2, 0) is 4.74 Å². The average molecular weight is 312 g/mol. The number of para-hydroxylation sites is 1. The molecule has 0 fully saturated rings. The zero-order chi connectivity index (χ0) is 16.2. The molecule has 1 N–H and O–H groups in total. The lowest BCUT2D eigenvalue weighted by atomic mass is 10.0. The van der Waals surface area contributed by atoms with Gasteiger partial charge >= 0.3 is 0 Å². The van der Waals surface area contributed by atoms with Crippen LogP contribution in [0.5, 0.6) is 5.75 Å². The van der Waals surface area contributed by atoms with Gasteiger partial charge in [0.15, 0.2) is 0 Å². The van der Waals surface area contributed by atoms with E-state index >= 15 is 0 Å². The minimum absolute atomic E-state index is 0.0183. The second kappa shape index (κ2) is 6.71. The molecule has 1 atom stereocenters. The first-order valence-corrected chi connectivity index (χ1v) is 7.55. The molecular weight excluding hydrogens is 292 g/mol. The summed E-state index contributed by atoms with van der Waals surface area (Å²) in [5.41, 5.74) is 2.57. The Morgan fingerprint density at radius 2 is 1.83 bits per heavy atom. The van der Waals surface area contributed by atoms with E-state index in [0.29, 0.717) is 18.8 Å². The molecule has 0 aliphatic carbocycles. The van der Waals surface area contributed by atoms with Crippen molar-refractivity contribution in [2.45, 2.75) is 6.17 Å². The predicted molar refractivity (Wildman–Crippen MR) is 88.7 cm³/mol. The number of nitrogens with one attached hydrogen (secondary N) is 1. The van der Waals surface area contributed by atoms with E-state index in [1.165, 1.54) is 0 Å². The Kier molecular flexibility index (Phi) is 4.48. The number of anilines is 1. The maximum Gasteiger partial charge on any atom is 0.257 e. The Bertz CT molecular complexity index is 685. The van der Waals surface area contributed by atoms with Crippen LogP contribution in [-0.4, -0.2) is 38.2 Å². The molecule has 5 heteroatoms. The maximum atomic E-state index is 12.5. The zero-order valence-electron chi connectivity index (χ0n) is 13.3. The number of hydrogen-bond acceptors (Lipinski definition) is 4. The summed E-state index contributed by atoms with van der Waals surface area (Å²) in [6.45, 7) is 1.07. The Balaban J connectivity index is 1.78. The molecule has 1 amide bonds. The van der Waals surface area contributed by atoms with Crippen molar-refractivity contribution in [3.05, 3.63) is 59.7 Å². The van der Waals surface area contributed by atoms with Gasteiger partial charge < -0.3 is 19.7 Å². The summed E-state index contributed by atoms with van der Waals surface area (Å²) in [5, 5.41) is 3.41. The van der Waals surface area contributed by atoms with Gasteiger partial charge in [0.25, 0.3) is 5.91 Å². The second-order valence-corrected chi connectivity index (χ2v) is 5.42. The van der Waals surface area contributed by atoms with E-state index in [-0.39, 0.29) is 12.1 Å². The van der Waals surface area contributed by atoms with Gasteiger partial charge in [0.2, 0.25) is 0 Å². The van der Waals surface area contributed by atoms with Crippen molar-refractivity contribution in [2.24, 2.45) is 0 Å². The van der Waals surface area contributed by atoms with Gasteiger partial charge in [-0.3, -0.25) is 4.79 Å². The van der Waals surface area contributed by atoms with Gasteiger partial charge in [-0.25, -0.2) is 0 Å². The average Bonchev–Trinajstić information content (AvgIpc) is 2.59. The van der Waals surface area contributed by atoms with Crippen molar-refractivity contribution in [1.82, 2.24) is 4.90 Å². The second-order valence-electron chi connectivity index (χ2n) is 5.42. The standard InChI is InChI=1S/C18H20N2O3/c1-20-17(19-16-6-4-3-5-15(16)18(20)21)13-7-9-14(10-8-13)23-12-11-22-2/h3-10,17,19H,11-12H2,1-2H3. The fourth-order valence-electron chi connectivity index (χ4n) is 2.64. The van der Waals surface area contributed by atoms with Crippen molar-refractivity contribution in [2.75, 3.05) is 32.7 Å². The number of benzene rings is 2. The fourth-order valence-corrected chi connectivity index (χ4v) is 2.64. The molecule has 0 saturated carbocycles. The Labute approximate surface area is 135 Å². The molecule has 1 heterocycles. The quantitative estimate of drug-likeness (QED) is 0.863. The topological polar surface area (TPSA) is 50.8 Å². The fraction of sp³-hybridized carbons (Fsp3) is 0.278. The smallest absolute Gasteiger partial charge is 0.257 e. The third-order valence-electron chi connectivity index (χ3n) is 3.91. The van der Waals surface area contributed by atoms with E-state index < -0.39 is 0 Å². The van der Waals surface area contributed by atoms with Crippen molar-refractivity contribution in [3.8, 4) is 5.75 Å². The normalized spacial score (nSPS) is 16.7. The number of amides is 1. The molecule has 1 unspecified atom stereocenters. The van der Waals surface area contributed by atoms with Crippen LogP contribution in [0, 0.1) is 0 Å². The van der Waals surface area contributed by atoms with Crippen LogP contribution in [0.4, 0.5) is 5.69 Å². The van der Waals surface area contributed by atoms with Crippen LogP contribution >= 0.6 is 0 Å². The van der Waals surface area contributed by atoms with Crippen LogP contribution in [0.25, 0.3) is 0 Å². The molecule has 2 aromatic carbocycles. The van der Waals surface area contributed by atoms with E-state index in [1.54, 1.807) is 19.1 Å². The van der Waals surface area contributed by atoms with Gasteiger partial charge in [-0.05, 0) is 29.8 Å². The van der Waals surface area contributed by atoms with Gasteiger partial charge in [0, 0.05) is 19.8 Å². The van der Waals surface area contributed by atoms with Crippen molar-refractivity contribution in [3.63, 3.8) is 0 Å². The molecule has 0 spiro atoms. The van der Waals surface area contributed by atoms with Crippen LogP contribution in [0.3, 0.4) is 0 Å². The highest BCUT2D eigenvalue weighted by atomic mass is 16.5. The van der Waals surface area contributed by atoms with E-state index in [2.05, 4.69) is 5.32 Å². The minimum atomic E-state index is -0.189. The number of rotatable bonds is 5. The van der Waals surface area contributed by atoms with E-state index in [9.17, 15) is 4.79 Å². The summed E-state index contributed by atoms with van der Waals surface area (Å²) in [7, 11) is 3.45. The van der Waals surface area contributed by atoms with E-state index in [1.807, 2.05) is 48.5 Å². The molecule has 2 aromatic rings. The lowest BCUT2D eigenvalue weighted by Crippen LogP contribution is -2.40. The first-order chi connectivity index (χ1) is 11.2. The third kappa shape index (κ3) is 3.14. The van der Waals surface area contributed by atoms with Crippen LogP contribution in [0.15, 0.2) is 48.5 Å². The first kappa shape index (κ1) is 15.4. The molecule has 3 rings (SSSR count). The molecule has 0 bridgehead atoms. The van der Waals surface area contributed by atoms with E-state index in [4.69, 9.17) is 9.47 Å². The number of methoxy groups -OCH3 is 1. The van der Waals surface area contributed by atoms with Crippen molar-refractivity contribution >= 4 is 11.6 Å². The molecule has 23 heavy (non-hydrogen) atoms. The molecule has 5 nitrogen and oxygen atoms in total. The van der Waals surface area contributed by atoms with Gasteiger partial charge in [-0.2, -0.15) is 0 Å². The van der Waals surface area contributed by atoms with Gasteiger partial charge in [0.1, 0.15) is 18.5 Å². The minimum Gasteiger partial charge on any atom is -0.491 e. The maximum absolute atomic E-state index is 12.5. The first-order valence-electron chi connectivity index (χ1n) is 7.55. The van der Waals surface area contributed by atoms with Crippen LogP contribution < -0.4 is 10.1 Å². The Hall–Kier alpha value is -2.53. The number of carbonyl (C=O) groups excluding carboxylic acids is 1. The molecule has 1 aliphatic heterocycles. The summed E-state index contributed by atoms with van der Waals surface area (Å²) in [6.07, 6.45) is -0.189. The Morgan fingerprint density at radius 3 is 2.57 bits per heavy atom. The third-order valence-corrected chi connectivity index (χ3v) is 3.91. The van der Waals surface area contributed by atoms with Gasteiger partial charge in [-0.1, -0.05) is 24.3 Å². The number of ether oxygens (including phenoxy) is 2. The summed E-state index contributed by atoms with van der Waals surface area (Å²) >= 11 is 0. The molecule has 0 saturated heterocycles. The number of carbonyl (C=O) groups is 1. The summed E-state index contributed by atoms with van der Waals surface area (Å²) < 4.78 is 10.5. The van der Waals surface area contributed by atoms with Crippen LogP contribution in [0.2, 0.25) is 0 Å². The molecular formula is C18H20N2O3. The highest BCUT2D eigenvalue weighted by Gasteiger charge is 2.29. The number of nitrogens with zero attached hydrogens (tertiary/aromatic N) is 1.